The van der Waals surface area contributed by atoms with Gasteiger partial charge in [-0.25, -0.2) is 0 Å². The van der Waals surface area contributed by atoms with Crippen LogP contribution >= 0.6 is 0 Å². The van der Waals surface area contributed by atoms with Crippen LogP contribution in [0.2, 0.25) is 0 Å². The fraction of sp³-hybridized carbons (Fsp3) is 0.571. The van der Waals surface area contributed by atoms with E-state index in [0.29, 0.717) is 13.1 Å². The van der Waals surface area contributed by atoms with Gasteiger partial charge in [-0.15, -0.1) is 0 Å². The molecule has 0 saturated heterocycles. The zero-order chi connectivity index (χ0) is 14.9. The molecule has 0 aromatic rings. The summed E-state index contributed by atoms with van der Waals surface area (Å²) >= 11 is 0. The molecule has 3 N–H and O–H groups in total. The predicted molar refractivity (Wildman–Crippen MR) is 77.7 cm³/mol. The molecular formula is C14H25N3O2. The minimum atomic E-state index is -0.256. The summed E-state index contributed by atoms with van der Waals surface area (Å²) < 4.78 is 0. The molecule has 0 aliphatic carbocycles. The van der Waals surface area contributed by atoms with Gasteiger partial charge in [0.25, 0.3) is 0 Å². The van der Waals surface area contributed by atoms with E-state index in [4.69, 9.17) is 0 Å². The first-order chi connectivity index (χ1) is 8.78. The Labute approximate surface area is 115 Å². The van der Waals surface area contributed by atoms with Gasteiger partial charge in [0.05, 0.1) is 6.04 Å². The number of rotatable bonds is 8. The van der Waals surface area contributed by atoms with Crippen LogP contribution in [0.3, 0.4) is 0 Å². The molecule has 0 rings (SSSR count). The molecule has 0 bridgehead atoms. The van der Waals surface area contributed by atoms with Crippen molar-refractivity contribution in [2.75, 3.05) is 19.6 Å². The van der Waals surface area contributed by atoms with Crippen LogP contribution in [0.25, 0.3) is 0 Å². The summed E-state index contributed by atoms with van der Waals surface area (Å²) in [6, 6.07) is -0.184. The van der Waals surface area contributed by atoms with Crippen LogP contribution in [0.1, 0.15) is 20.8 Å². The minimum absolute atomic E-state index is 0.164. The van der Waals surface area contributed by atoms with Gasteiger partial charge in [-0.3, -0.25) is 9.59 Å². The Morgan fingerprint density at radius 3 is 2.16 bits per heavy atom. The van der Waals surface area contributed by atoms with E-state index in [0.717, 1.165) is 6.54 Å². The third kappa shape index (κ3) is 10.0. The second-order valence-corrected chi connectivity index (χ2v) is 5.55. The van der Waals surface area contributed by atoms with E-state index in [1.807, 2.05) is 0 Å². The first-order valence-electron chi connectivity index (χ1n) is 6.32. The summed E-state index contributed by atoms with van der Waals surface area (Å²) in [5, 5.41) is 8.70. The van der Waals surface area contributed by atoms with Crippen molar-refractivity contribution in [2.45, 2.75) is 26.8 Å². The average Bonchev–Trinajstić information content (AvgIpc) is 2.33. The second kappa shape index (κ2) is 8.48. The van der Waals surface area contributed by atoms with Crippen LogP contribution in [0.15, 0.2) is 25.3 Å². The SMILES string of the molecule is C=CC(=O)NCC(CNCC(C)(C)C)NC(=O)C=C. The lowest BCUT2D eigenvalue weighted by Gasteiger charge is -2.23. The fourth-order valence-electron chi connectivity index (χ4n) is 1.35. The van der Waals surface area contributed by atoms with Gasteiger partial charge in [-0.05, 0) is 17.6 Å². The Balaban J connectivity index is 4.24. The van der Waals surface area contributed by atoms with Gasteiger partial charge in [0, 0.05) is 19.6 Å². The molecule has 5 heteroatoms. The van der Waals surface area contributed by atoms with E-state index >= 15 is 0 Å². The number of hydrogen-bond acceptors (Lipinski definition) is 3. The van der Waals surface area contributed by atoms with E-state index < -0.39 is 0 Å². The topological polar surface area (TPSA) is 70.2 Å². The van der Waals surface area contributed by atoms with Gasteiger partial charge >= 0.3 is 0 Å². The first kappa shape index (κ1) is 17.4. The Bertz CT molecular complexity index is 332. The molecule has 0 aromatic carbocycles. The zero-order valence-electron chi connectivity index (χ0n) is 12.1. The molecular weight excluding hydrogens is 242 g/mol. The summed E-state index contributed by atoms with van der Waals surface area (Å²) in [7, 11) is 0. The molecule has 0 radical (unpaired) electrons. The van der Waals surface area contributed by atoms with Gasteiger partial charge in [-0.2, -0.15) is 0 Å². The van der Waals surface area contributed by atoms with Crippen molar-refractivity contribution in [1.82, 2.24) is 16.0 Å². The van der Waals surface area contributed by atoms with Crippen molar-refractivity contribution < 1.29 is 9.59 Å². The van der Waals surface area contributed by atoms with Crippen molar-refractivity contribution in [3.63, 3.8) is 0 Å². The Hall–Kier alpha value is -1.62. The maximum absolute atomic E-state index is 11.3. The lowest BCUT2D eigenvalue weighted by molar-refractivity contribution is -0.118. The van der Waals surface area contributed by atoms with Gasteiger partial charge < -0.3 is 16.0 Å². The molecule has 5 nitrogen and oxygen atoms in total. The van der Waals surface area contributed by atoms with Crippen molar-refractivity contribution in [2.24, 2.45) is 5.41 Å². The molecule has 0 aliphatic rings. The normalized spacial score (nSPS) is 12.4. The van der Waals surface area contributed by atoms with E-state index in [1.54, 1.807) is 0 Å². The van der Waals surface area contributed by atoms with E-state index in [-0.39, 0.29) is 23.3 Å². The van der Waals surface area contributed by atoms with Gasteiger partial charge in [0.2, 0.25) is 11.8 Å². The predicted octanol–water partition coefficient (Wildman–Crippen LogP) is 0.595. The molecule has 19 heavy (non-hydrogen) atoms. The van der Waals surface area contributed by atoms with Crippen molar-refractivity contribution in [1.29, 1.82) is 0 Å². The lowest BCUT2D eigenvalue weighted by Crippen LogP contribution is -2.49. The summed E-state index contributed by atoms with van der Waals surface area (Å²) in [6.07, 6.45) is 2.42. The summed E-state index contributed by atoms with van der Waals surface area (Å²) in [6.45, 7) is 14.9. The lowest BCUT2D eigenvalue weighted by atomic mass is 9.97. The number of hydrogen-bond donors (Lipinski definition) is 3. The van der Waals surface area contributed by atoms with Crippen LogP contribution < -0.4 is 16.0 Å². The monoisotopic (exact) mass is 267 g/mol. The Kier molecular flexibility index (Phi) is 7.75. The van der Waals surface area contributed by atoms with E-state index in [2.05, 4.69) is 49.9 Å². The van der Waals surface area contributed by atoms with Gasteiger partial charge in [0.15, 0.2) is 0 Å². The second-order valence-electron chi connectivity index (χ2n) is 5.55. The highest BCUT2D eigenvalue weighted by atomic mass is 16.2. The highest BCUT2D eigenvalue weighted by Gasteiger charge is 2.14. The molecule has 0 spiro atoms. The van der Waals surface area contributed by atoms with Gasteiger partial charge in [-0.1, -0.05) is 33.9 Å². The minimum Gasteiger partial charge on any atom is -0.350 e. The zero-order valence-corrected chi connectivity index (χ0v) is 12.1. The maximum Gasteiger partial charge on any atom is 0.243 e. The summed E-state index contributed by atoms with van der Waals surface area (Å²) in [5.74, 6) is -0.510. The molecule has 0 fully saturated rings. The molecule has 2 amide bonds. The van der Waals surface area contributed by atoms with Crippen LogP contribution in [-0.4, -0.2) is 37.5 Å². The van der Waals surface area contributed by atoms with Crippen molar-refractivity contribution in [3.05, 3.63) is 25.3 Å². The molecule has 0 aromatic heterocycles. The molecule has 1 unspecified atom stereocenters. The van der Waals surface area contributed by atoms with E-state index in [9.17, 15) is 9.59 Å². The highest BCUT2D eigenvalue weighted by molar-refractivity contribution is 5.88. The Morgan fingerprint density at radius 1 is 1.11 bits per heavy atom. The summed E-state index contributed by atoms with van der Waals surface area (Å²) in [5.41, 5.74) is 0.164. The number of amides is 2. The van der Waals surface area contributed by atoms with Gasteiger partial charge in [0.1, 0.15) is 0 Å². The number of nitrogens with one attached hydrogen (secondary N) is 3. The Morgan fingerprint density at radius 2 is 1.68 bits per heavy atom. The van der Waals surface area contributed by atoms with Crippen molar-refractivity contribution >= 4 is 11.8 Å². The summed E-state index contributed by atoms with van der Waals surface area (Å²) in [4.78, 5) is 22.4. The maximum atomic E-state index is 11.3. The van der Waals surface area contributed by atoms with Crippen LogP contribution in [0, 0.1) is 5.41 Å². The number of carbonyl (C=O) groups excluding carboxylic acids is 2. The molecule has 1 atom stereocenters. The standard InChI is InChI=1S/C14H25N3O2/c1-6-12(18)16-9-11(17-13(19)7-2)8-15-10-14(3,4)5/h6-7,11,15H,1-2,8-10H2,3-5H3,(H,16,18)(H,17,19). The molecule has 0 heterocycles. The third-order valence-corrected chi connectivity index (χ3v) is 2.29. The fourth-order valence-corrected chi connectivity index (χ4v) is 1.35. The largest absolute Gasteiger partial charge is 0.350 e. The quantitative estimate of drug-likeness (QED) is 0.564. The number of carbonyl (C=O) groups is 2. The first-order valence-corrected chi connectivity index (χ1v) is 6.32. The third-order valence-electron chi connectivity index (χ3n) is 2.29. The van der Waals surface area contributed by atoms with Crippen molar-refractivity contribution in [3.8, 4) is 0 Å². The molecule has 0 aliphatic heterocycles. The van der Waals surface area contributed by atoms with E-state index in [1.165, 1.54) is 12.2 Å². The molecule has 108 valence electrons. The van der Waals surface area contributed by atoms with Crippen LogP contribution in [0.4, 0.5) is 0 Å². The average molecular weight is 267 g/mol. The highest BCUT2D eigenvalue weighted by Crippen LogP contribution is 2.09. The van der Waals surface area contributed by atoms with Crippen LogP contribution in [0.5, 0.6) is 0 Å². The molecule has 0 saturated carbocycles. The smallest absolute Gasteiger partial charge is 0.243 e. The van der Waals surface area contributed by atoms with Crippen LogP contribution in [-0.2, 0) is 9.59 Å².